The van der Waals surface area contributed by atoms with E-state index < -0.39 is 0 Å². The molecule has 0 fully saturated rings. The quantitative estimate of drug-likeness (QED) is 0.677. The second-order valence-corrected chi connectivity index (χ2v) is 5.75. The van der Waals surface area contributed by atoms with E-state index in [1.165, 1.54) is 0 Å². The zero-order valence-electron chi connectivity index (χ0n) is 13.6. The van der Waals surface area contributed by atoms with Gasteiger partial charge in [0.2, 0.25) is 0 Å². The van der Waals surface area contributed by atoms with Crippen molar-refractivity contribution in [3.63, 3.8) is 0 Å². The molecule has 0 saturated heterocycles. The number of hydrogen-bond donors (Lipinski definition) is 1. The highest BCUT2D eigenvalue weighted by Crippen LogP contribution is 2.34. The fourth-order valence-corrected chi connectivity index (χ4v) is 1.70. The van der Waals surface area contributed by atoms with E-state index >= 15 is 0 Å². The molecule has 1 N–H and O–H groups in total. The van der Waals surface area contributed by atoms with Crippen LogP contribution in [0.15, 0.2) is 0 Å². The Morgan fingerprint density at radius 3 is 1.88 bits per heavy atom. The molecule has 0 aromatic rings. The van der Waals surface area contributed by atoms with Crippen molar-refractivity contribution in [1.82, 2.24) is 5.32 Å². The van der Waals surface area contributed by atoms with Gasteiger partial charge in [0.1, 0.15) is 0 Å². The molecule has 0 radical (unpaired) electrons. The molecule has 2 nitrogen and oxygen atoms in total. The minimum atomic E-state index is 0.137. The van der Waals surface area contributed by atoms with Gasteiger partial charge >= 0.3 is 0 Å². The van der Waals surface area contributed by atoms with Gasteiger partial charge in [0, 0.05) is 24.8 Å². The van der Waals surface area contributed by atoms with Crippen LogP contribution in [0.25, 0.3) is 0 Å². The van der Waals surface area contributed by atoms with Crippen LogP contribution in [0.5, 0.6) is 0 Å². The van der Waals surface area contributed by atoms with Crippen LogP contribution in [0.4, 0.5) is 0 Å². The van der Waals surface area contributed by atoms with Gasteiger partial charge < -0.3 is 10.1 Å². The summed E-state index contributed by atoms with van der Waals surface area (Å²) in [6.45, 7) is 21.3. The highest BCUT2D eigenvalue weighted by atomic mass is 16.5. The van der Waals surface area contributed by atoms with E-state index in [1.807, 2.05) is 20.8 Å². The maximum atomic E-state index is 5.44. The smallest absolute Gasteiger partial charge is 0.0471 e. The van der Waals surface area contributed by atoms with Crippen LogP contribution in [0.3, 0.4) is 0 Å². The van der Waals surface area contributed by atoms with Gasteiger partial charge in [0.25, 0.3) is 0 Å². The average Bonchev–Trinajstić information content (AvgIpc) is 2.18. The SMILES string of the molecule is CC.CCOCCC(C)(C)C(C)(C)NC(C)C. The Morgan fingerprint density at radius 2 is 1.53 bits per heavy atom. The maximum absolute atomic E-state index is 5.44. The van der Waals surface area contributed by atoms with Gasteiger partial charge in [-0.25, -0.2) is 0 Å². The number of ether oxygens (including phenoxy) is 1. The van der Waals surface area contributed by atoms with E-state index in [0.29, 0.717) is 6.04 Å². The van der Waals surface area contributed by atoms with Crippen LogP contribution in [0.2, 0.25) is 0 Å². The third-order valence-electron chi connectivity index (χ3n) is 3.42. The Bertz CT molecular complexity index is 174. The number of nitrogens with one attached hydrogen (secondary N) is 1. The molecule has 0 atom stereocenters. The van der Waals surface area contributed by atoms with E-state index in [4.69, 9.17) is 4.74 Å². The molecular weight excluding hydrogens is 210 g/mol. The predicted octanol–water partition coefficient (Wildman–Crippen LogP) is 4.24. The largest absolute Gasteiger partial charge is 0.382 e. The molecule has 17 heavy (non-hydrogen) atoms. The molecule has 0 heterocycles. The Balaban J connectivity index is 0. The Hall–Kier alpha value is -0.0800. The standard InChI is InChI=1S/C13H29NO.C2H6/c1-8-15-10-9-12(4,5)13(6,7)14-11(2)3;1-2/h11,14H,8-10H2,1-7H3;1-2H3. The van der Waals surface area contributed by atoms with Gasteiger partial charge in [0.05, 0.1) is 0 Å². The third-order valence-corrected chi connectivity index (χ3v) is 3.42. The lowest BCUT2D eigenvalue weighted by molar-refractivity contribution is 0.0673. The molecular formula is C15H35NO. The molecule has 2 heteroatoms. The summed E-state index contributed by atoms with van der Waals surface area (Å²) in [6.07, 6.45) is 1.09. The van der Waals surface area contributed by atoms with E-state index in [9.17, 15) is 0 Å². The minimum Gasteiger partial charge on any atom is -0.382 e. The van der Waals surface area contributed by atoms with E-state index in [2.05, 4.69) is 46.9 Å². The van der Waals surface area contributed by atoms with Gasteiger partial charge in [-0.15, -0.1) is 0 Å². The first-order chi connectivity index (χ1) is 7.73. The number of hydrogen-bond acceptors (Lipinski definition) is 2. The van der Waals surface area contributed by atoms with Gasteiger partial charge in [-0.2, -0.15) is 0 Å². The van der Waals surface area contributed by atoms with Crippen molar-refractivity contribution in [3.05, 3.63) is 0 Å². The van der Waals surface area contributed by atoms with Crippen LogP contribution in [-0.4, -0.2) is 24.8 Å². The van der Waals surface area contributed by atoms with Gasteiger partial charge in [-0.05, 0) is 32.6 Å². The maximum Gasteiger partial charge on any atom is 0.0471 e. The topological polar surface area (TPSA) is 21.3 Å². The van der Waals surface area contributed by atoms with E-state index in [0.717, 1.165) is 19.6 Å². The lowest BCUT2D eigenvalue weighted by Crippen LogP contribution is -2.54. The van der Waals surface area contributed by atoms with Crippen LogP contribution < -0.4 is 5.32 Å². The Labute approximate surface area is 110 Å². The average molecular weight is 245 g/mol. The molecule has 0 amide bonds. The summed E-state index contributed by atoms with van der Waals surface area (Å²) in [6, 6.07) is 0.520. The lowest BCUT2D eigenvalue weighted by atomic mass is 9.72. The van der Waals surface area contributed by atoms with Crippen LogP contribution in [0, 0.1) is 5.41 Å². The monoisotopic (exact) mass is 245 g/mol. The summed E-state index contributed by atoms with van der Waals surface area (Å²) in [5, 5.41) is 3.63. The summed E-state index contributed by atoms with van der Waals surface area (Å²) in [5.74, 6) is 0. The molecule has 0 aliphatic carbocycles. The molecule has 0 aliphatic heterocycles. The number of rotatable bonds is 7. The summed E-state index contributed by atoms with van der Waals surface area (Å²) in [4.78, 5) is 0. The molecule has 0 aromatic heterocycles. The van der Waals surface area contributed by atoms with Crippen molar-refractivity contribution in [2.24, 2.45) is 5.41 Å². The molecule has 0 saturated carbocycles. The summed E-state index contributed by atoms with van der Waals surface area (Å²) < 4.78 is 5.44. The minimum absolute atomic E-state index is 0.137. The molecule has 0 aromatic carbocycles. The zero-order valence-corrected chi connectivity index (χ0v) is 13.6. The van der Waals surface area contributed by atoms with Crippen molar-refractivity contribution in [2.45, 2.75) is 80.3 Å². The molecule has 0 spiro atoms. The molecule has 0 unspecified atom stereocenters. The molecule has 0 aliphatic rings. The van der Waals surface area contributed by atoms with Gasteiger partial charge in [-0.3, -0.25) is 0 Å². The zero-order chi connectivity index (χ0) is 14.1. The molecule has 0 bridgehead atoms. The van der Waals surface area contributed by atoms with E-state index in [1.54, 1.807) is 0 Å². The predicted molar refractivity (Wildman–Crippen MR) is 78.6 cm³/mol. The fraction of sp³-hybridized carbons (Fsp3) is 1.00. The summed E-state index contributed by atoms with van der Waals surface area (Å²) in [5.41, 5.74) is 0.380. The van der Waals surface area contributed by atoms with E-state index in [-0.39, 0.29) is 11.0 Å². The van der Waals surface area contributed by atoms with Gasteiger partial charge in [0.15, 0.2) is 0 Å². The lowest BCUT2D eigenvalue weighted by Gasteiger charge is -2.44. The first kappa shape index (κ1) is 19.3. The Kier molecular flexibility index (Phi) is 10.1. The first-order valence-electron chi connectivity index (χ1n) is 7.08. The summed E-state index contributed by atoms with van der Waals surface area (Å²) in [7, 11) is 0. The van der Waals surface area contributed by atoms with Crippen LogP contribution in [-0.2, 0) is 4.74 Å². The second kappa shape index (κ2) is 8.93. The molecule has 106 valence electrons. The van der Waals surface area contributed by atoms with Crippen LogP contribution in [0.1, 0.15) is 68.7 Å². The molecule has 0 rings (SSSR count). The second-order valence-electron chi connectivity index (χ2n) is 5.75. The van der Waals surface area contributed by atoms with Crippen molar-refractivity contribution < 1.29 is 4.74 Å². The highest BCUT2D eigenvalue weighted by molar-refractivity contribution is 4.93. The normalized spacial score (nSPS) is 12.4. The first-order valence-corrected chi connectivity index (χ1v) is 7.08. The van der Waals surface area contributed by atoms with Crippen molar-refractivity contribution in [2.75, 3.05) is 13.2 Å². The van der Waals surface area contributed by atoms with Gasteiger partial charge in [-0.1, -0.05) is 41.5 Å². The summed E-state index contributed by atoms with van der Waals surface area (Å²) >= 11 is 0. The highest BCUT2D eigenvalue weighted by Gasteiger charge is 2.36. The van der Waals surface area contributed by atoms with Crippen molar-refractivity contribution in [3.8, 4) is 0 Å². The Morgan fingerprint density at radius 1 is 1.06 bits per heavy atom. The van der Waals surface area contributed by atoms with Crippen molar-refractivity contribution in [1.29, 1.82) is 0 Å². The third kappa shape index (κ3) is 7.77. The fourth-order valence-electron chi connectivity index (χ4n) is 1.70. The van der Waals surface area contributed by atoms with Crippen LogP contribution >= 0.6 is 0 Å². The van der Waals surface area contributed by atoms with Crippen molar-refractivity contribution >= 4 is 0 Å².